The van der Waals surface area contributed by atoms with E-state index in [9.17, 15) is 4.79 Å². The minimum atomic E-state index is -0.0345. The molecule has 0 radical (unpaired) electrons. The first-order valence-electron chi connectivity index (χ1n) is 6.03. The highest BCUT2D eigenvalue weighted by Crippen LogP contribution is 2.07. The highest BCUT2D eigenvalue weighted by Gasteiger charge is 2.05. The third-order valence-electron chi connectivity index (χ3n) is 2.79. The summed E-state index contributed by atoms with van der Waals surface area (Å²) in [6.45, 7) is 0.546. The number of nitrogens with two attached hydrogens (primary N) is 1. The van der Waals surface area contributed by atoms with Gasteiger partial charge in [0.2, 0.25) is 5.91 Å². The zero-order valence-corrected chi connectivity index (χ0v) is 11.6. The van der Waals surface area contributed by atoms with E-state index in [4.69, 9.17) is 10.9 Å². The number of carbonyl (C=O) groups is 1. The van der Waals surface area contributed by atoms with Crippen LogP contribution in [0.4, 0.5) is 0 Å². The normalized spacial score (nSPS) is 11.3. The van der Waals surface area contributed by atoms with Gasteiger partial charge in [-0.05, 0) is 28.0 Å². The van der Waals surface area contributed by atoms with Crippen molar-refractivity contribution >= 4 is 23.1 Å². The first kappa shape index (κ1) is 14.1. The van der Waals surface area contributed by atoms with E-state index in [0.29, 0.717) is 18.5 Å². The molecule has 104 valence electrons. The third-order valence-corrected chi connectivity index (χ3v) is 3.52. The van der Waals surface area contributed by atoms with Crippen LogP contribution in [0.2, 0.25) is 0 Å². The van der Waals surface area contributed by atoms with Gasteiger partial charge in [0.15, 0.2) is 5.84 Å². The highest BCUT2D eigenvalue weighted by atomic mass is 32.1. The number of benzene rings is 1. The van der Waals surface area contributed by atoms with Crippen molar-refractivity contribution in [2.24, 2.45) is 10.9 Å². The second-order valence-corrected chi connectivity index (χ2v) is 5.05. The fourth-order valence-corrected chi connectivity index (χ4v) is 2.36. The van der Waals surface area contributed by atoms with E-state index in [1.807, 2.05) is 16.8 Å². The molecule has 4 N–H and O–H groups in total. The Morgan fingerprint density at radius 3 is 2.60 bits per heavy atom. The lowest BCUT2D eigenvalue weighted by Gasteiger charge is -2.05. The minimum absolute atomic E-state index is 0.0345. The van der Waals surface area contributed by atoms with Gasteiger partial charge in [-0.3, -0.25) is 4.79 Å². The molecule has 0 spiro atoms. The summed E-state index contributed by atoms with van der Waals surface area (Å²) in [4.78, 5) is 11.8. The summed E-state index contributed by atoms with van der Waals surface area (Å²) in [6, 6.07) is 9.00. The maximum Gasteiger partial charge on any atom is 0.224 e. The number of hydrogen-bond donors (Lipinski definition) is 3. The smallest absolute Gasteiger partial charge is 0.224 e. The van der Waals surface area contributed by atoms with E-state index in [0.717, 1.165) is 11.1 Å². The topological polar surface area (TPSA) is 87.7 Å². The van der Waals surface area contributed by atoms with E-state index in [-0.39, 0.29) is 11.7 Å². The molecule has 5 nitrogen and oxygen atoms in total. The van der Waals surface area contributed by atoms with Crippen molar-refractivity contribution in [3.05, 3.63) is 57.8 Å². The predicted octanol–water partition coefficient (Wildman–Crippen LogP) is 1.70. The third kappa shape index (κ3) is 3.83. The van der Waals surface area contributed by atoms with Gasteiger partial charge in [0.25, 0.3) is 0 Å². The quantitative estimate of drug-likeness (QED) is 0.339. The number of carbonyl (C=O) groups excluding carboxylic acids is 1. The van der Waals surface area contributed by atoms with Gasteiger partial charge in [0.05, 0.1) is 6.42 Å². The van der Waals surface area contributed by atoms with Crippen LogP contribution in [0.5, 0.6) is 0 Å². The molecule has 2 aromatic rings. The first-order chi connectivity index (χ1) is 9.69. The second-order valence-electron chi connectivity index (χ2n) is 4.27. The van der Waals surface area contributed by atoms with Crippen LogP contribution in [0.3, 0.4) is 0 Å². The molecule has 6 heteroatoms. The number of thiophene rings is 1. The molecule has 0 saturated heterocycles. The maximum atomic E-state index is 11.8. The van der Waals surface area contributed by atoms with Gasteiger partial charge < -0.3 is 16.3 Å². The molecule has 0 aliphatic heterocycles. The summed E-state index contributed by atoms with van der Waals surface area (Å²) in [5.74, 6) is 0.0196. The van der Waals surface area contributed by atoms with Gasteiger partial charge >= 0.3 is 0 Å². The van der Waals surface area contributed by atoms with Gasteiger partial charge in [-0.25, -0.2) is 0 Å². The molecular weight excluding hydrogens is 274 g/mol. The molecule has 1 aromatic heterocycles. The molecule has 20 heavy (non-hydrogen) atoms. The SMILES string of the molecule is NC(=NO)c1ccc(CC(=O)NCc2ccsc2)cc1. The van der Waals surface area contributed by atoms with Crippen molar-refractivity contribution in [1.82, 2.24) is 5.32 Å². The summed E-state index contributed by atoms with van der Waals surface area (Å²) in [7, 11) is 0. The van der Waals surface area contributed by atoms with Crippen LogP contribution in [-0.2, 0) is 17.8 Å². The van der Waals surface area contributed by atoms with E-state index >= 15 is 0 Å². The summed E-state index contributed by atoms with van der Waals surface area (Å²) < 4.78 is 0. The summed E-state index contributed by atoms with van der Waals surface area (Å²) in [5, 5.41) is 18.3. The Hall–Kier alpha value is -2.34. The van der Waals surface area contributed by atoms with Crippen LogP contribution in [0.1, 0.15) is 16.7 Å². The van der Waals surface area contributed by atoms with Crippen LogP contribution < -0.4 is 11.1 Å². The van der Waals surface area contributed by atoms with E-state index in [1.54, 1.807) is 35.6 Å². The molecule has 0 aliphatic rings. The largest absolute Gasteiger partial charge is 0.409 e. The fourth-order valence-electron chi connectivity index (χ4n) is 1.69. The number of amidine groups is 1. The Balaban J connectivity index is 1.88. The van der Waals surface area contributed by atoms with Crippen molar-refractivity contribution in [2.75, 3.05) is 0 Å². The van der Waals surface area contributed by atoms with Crippen LogP contribution in [0, 0.1) is 0 Å². The molecular formula is C14H15N3O2S. The van der Waals surface area contributed by atoms with Gasteiger partial charge in [-0.15, -0.1) is 0 Å². The predicted molar refractivity (Wildman–Crippen MR) is 78.8 cm³/mol. The number of nitrogens with zero attached hydrogens (tertiary/aromatic N) is 1. The van der Waals surface area contributed by atoms with Gasteiger partial charge in [-0.2, -0.15) is 11.3 Å². The summed E-state index contributed by atoms with van der Waals surface area (Å²) in [5.41, 5.74) is 8.07. The van der Waals surface area contributed by atoms with E-state index < -0.39 is 0 Å². The summed E-state index contributed by atoms with van der Waals surface area (Å²) in [6.07, 6.45) is 0.306. The highest BCUT2D eigenvalue weighted by molar-refractivity contribution is 7.07. The molecule has 0 saturated carbocycles. The average Bonchev–Trinajstić information content (AvgIpc) is 2.98. The Morgan fingerprint density at radius 1 is 1.25 bits per heavy atom. The number of rotatable bonds is 5. The zero-order valence-electron chi connectivity index (χ0n) is 10.7. The van der Waals surface area contributed by atoms with Crippen LogP contribution in [0.15, 0.2) is 46.2 Å². The van der Waals surface area contributed by atoms with Crippen LogP contribution >= 0.6 is 11.3 Å². The van der Waals surface area contributed by atoms with Crippen LogP contribution in [0.25, 0.3) is 0 Å². The molecule has 1 aromatic carbocycles. The lowest BCUT2D eigenvalue weighted by molar-refractivity contribution is -0.120. The maximum absolute atomic E-state index is 11.8. The standard InChI is InChI=1S/C14H15N3O2S/c15-14(17-19)12-3-1-10(2-4-12)7-13(18)16-8-11-5-6-20-9-11/h1-6,9,19H,7-8H2,(H2,15,17)(H,16,18). The van der Waals surface area contributed by atoms with Crippen LogP contribution in [-0.4, -0.2) is 17.0 Å². The molecule has 2 rings (SSSR count). The molecule has 0 aliphatic carbocycles. The molecule has 1 heterocycles. The van der Waals surface area contributed by atoms with Crippen molar-refractivity contribution in [3.8, 4) is 0 Å². The monoisotopic (exact) mass is 289 g/mol. The number of hydrogen-bond acceptors (Lipinski definition) is 4. The van der Waals surface area contributed by atoms with Gasteiger partial charge in [0, 0.05) is 12.1 Å². The summed E-state index contributed by atoms with van der Waals surface area (Å²) >= 11 is 1.61. The Bertz CT molecular complexity index is 591. The molecule has 1 amide bonds. The molecule has 0 bridgehead atoms. The fraction of sp³-hybridized carbons (Fsp3) is 0.143. The van der Waals surface area contributed by atoms with Crippen molar-refractivity contribution < 1.29 is 10.0 Å². The molecule has 0 unspecified atom stereocenters. The van der Waals surface area contributed by atoms with Crippen molar-refractivity contribution in [1.29, 1.82) is 0 Å². The Kier molecular flexibility index (Phi) is 4.73. The average molecular weight is 289 g/mol. The molecule has 0 fully saturated rings. The van der Waals surface area contributed by atoms with Gasteiger partial charge in [-0.1, -0.05) is 29.4 Å². The van der Waals surface area contributed by atoms with Crippen molar-refractivity contribution in [2.45, 2.75) is 13.0 Å². The molecule has 0 atom stereocenters. The lowest BCUT2D eigenvalue weighted by Crippen LogP contribution is -2.24. The number of nitrogens with one attached hydrogen (secondary N) is 1. The van der Waals surface area contributed by atoms with Gasteiger partial charge in [0.1, 0.15) is 0 Å². The zero-order chi connectivity index (χ0) is 14.4. The van der Waals surface area contributed by atoms with Crippen molar-refractivity contribution in [3.63, 3.8) is 0 Å². The van der Waals surface area contributed by atoms with E-state index in [2.05, 4.69) is 10.5 Å². The Morgan fingerprint density at radius 2 is 2.00 bits per heavy atom. The first-order valence-corrected chi connectivity index (χ1v) is 6.98. The Labute approximate surface area is 120 Å². The number of oxime groups is 1. The second kappa shape index (κ2) is 6.72. The van der Waals surface area contributed by atoms with E-state index in [1.165, 1.54) is 0 Å². The lowest BCUT2D eigenvalue weighted by atomic mass is 10.1. The minimum Gasteiger partial charge on any atom is -0.409 e. The number of amides is 1.